The molecule has 0 radical (unpaired) electrons. The number of thiazole rings is 1. The molecule has 4 nitrogen and oxygen atoms in total. The highest BCUT2D eigenvalue weighted by atomic mass is 32.1. The Balaban J connectivity index is 1.72. The van der Waals surface area contributed by atoms with Gasteiger partial charge in [0.25, 0.3) is 5.91 Å². The summed E-state index contributed by atoms with van der Waals surface area (Å²) in [5, 5.41) is 3.29. The van der Waals surface area contributed by atoms with E-state index < -0.39 is 6.61 Å². The van der Waals surface area contributed by atoms with Crippen molar-refractivity contribution in [1.82, 2.24) is 4.98 Å². The molecule has 0 saturated heterocycles. The van der Waals surface area contributed by atoms with Gasteiger partial charge in [0.1, 0.15) is 5.75 Å². The predicted molar refractivity (Wildman–Crippen MR) is 84.3 cm³/mol. The Morgan fingerprint density at radius 3 is 3.09 bits per heavy atom. The van der Waals surface area contributed by atoms with Crippen LogP contribution in [-0.2, 0) is 12.8 Å². The number of anilines is 1. The van der Waals surface area contributed by atoms with Gasteiger partial charge in [0.05, 0.1) is 5.69 Å². The fourth-order valence-electron chi connectivity index (χ4n) is 2.58. The fraction of sp³-hybridized carbons (Fsp3) is 0.375. The minimum atomic E-state index is -2.92. The maximum atomic E-state index is 12.2. The van der Waals surface area contributed by atoms with E-state index in [1.807, 2.05) is 0 Å². The largest absolute Gasteiger partial charge is 0.435 e. The van der Waals surface area contributed by atoms with Gasteiger partial charge >= 0.3 is 6.61 Å². The Morgan fingerprint density at radius 2 is 2.30 bits per heavy atom. The van der Waals surface area contributed by atoms with Gasteiger partial charge in [0.2, 0.25) is 0 Å². The summed E-state index contributed by atoms with van der Waals surface area (Å²) in [5.74, 6) is 0.207. The average Bonchev–Trinajstić information content (AvgIpc) is 2.88. The molecule has 1 aromatic carbocycles. The lowest BCUT2D eigenvalue weighted by Crippen LogP contribution is -2.12. The molecule has 1 amide bonds. The summed E-state index contributed by atoms with van der Waals surface area (Å²) in [4.78, 5) is 17.9. The third-order valence-electron chi connectivity index (χ3n) is 3.73. The average molecular weight is 338 g/mol. The molecule has 1 heterocycles. The summed E-state index contributed by atoms with van der Waals surface area (Å²) in [6.45, 7) is -0.712. The minimum Gasteiger partial charge on any atom is -0.435 e. The van der Waals surface area contributed by atoms with Crippen molar-refractivity contribution in [2.24, 2.45) is 5.92 Å². The fourth-order valence-corrected chi connectivity index (χ4v) is 3.74. The van der Waals surface area contributed by atoms with Gasteiger partial charge in [-0.25, -0.2) is 4.98 Å². The Morgan fingerprint density at radius 1 is 1.48 bits per heavy atom. The Bertz CT molecular complexity index is 718. The van der Waals surface area contributed by atoms with Gasteiger partial charge in [0, 0.05) is 10.4 Å². The van der Waals surface area contributed by atoms with E-state index in [9.17, 15) is 13.6 Å². The number of aromatic nitrogens is 1. The SMILES string of the molecule is C[C@@H]1CCc2nc(NC(=O)c3cccc(OC(F)F)c3)sc2C1. The van der Waals surface area contributed by atoms with Gasteiger partial charge in [-0.05, 0) is 43.4 Å². The molecular weight excluding hydrogens is 322 g/mol. The number of aryl methyl sites for hydroxylation is 1. The molecule has 3 rings (SSSR count). The van der Waals surface area contributed by atoms with Crippen LogP contribution in [0.2, 0.25) is 0 Å². The van der Waals surface area contributed by atoms with Crippen molar-refractivity contribution in [3.05, 3.63) is 40.4 Å². The van der Waals surface area contributed by atoms with Crippen LogP contribution in [0.15, 0.2) is 24.3 Å². The zero-order chi connectivity index (χ0) is 16.4. The first-order valence-electron chi connectivity index (χ1n) is 7.36. The molecule has 1 aromatic heterocycles. The maximum absolute atomic E-state index is 12.2. The number of alkyl halides is 2. The molecule has 2 aromatic rings. The van der Waals surface area contributed by atoms with Crippen LogP contribution in [0.4, 0.5) is 13.9 Å². The summed E-state index contributed by atoms with van der Waals surface area (Å²) in [7, 11) is 0. The highest BCUT2D eigenvalue weighted by Crippen LogP contribution is 2.32. The molecule has 23 heavy (non-hydrogen) atoms. The number of nitrogens with zero attached hydrogens (tertiary/aromatic N) is 1. The standard InChI is InChI=1S/C16H16F2N2O2S/c1-9-5-6-12-13(7-9)23-16(19-12)20-14(21)10-3-2-4-11(8-10)22-15(17)18/h2-4,8-9,15H,5-7H2,1H3,(H,19,20,21)/t9-/m1/s1. The second-order valence-corrected chi connectivity index (χ2v) is 6.68. The van der Waals surface area contributed by atoms with Crippen molar-refractivity contribution in [2.75, 3.05) is 5.32 Å². The van der Waals surface area contributed by atoms with E-state index in [0.717, 1.165) is 25.0 Å². The molecule has 1 atom stereocenters. The Labute approximate surface area is 136 Å². The van der Waals surface area contributed by atoms with Crippen LogP contribution < -0.4 is 10.1 Å². The third-order valence-corrected chi connectivity index (χ3v) is 4.76. The van der Waals surface area contributed by atoms with Crippen LogP contribution in [0.1, 0.15) is 34.3 Å². The second-order valence-electron chi connectivity index (χ2n) is 5.60. The van der Waals surface area contributed by atoms with Gasteiger partial charge in [-0.3, -0.25) is 10.1 Å². The third kappa shape index (κ3) is 3.85. The zero-order valence-corrected chi connectivity index (χ0v) is 13.3. The second kappa shape index (κ2) is 6.62. The monoisotopic (exact) mass is 338 g/mol. The van der Waals surface area contributed by atoms with E-state index in [2.05, 4.69) is 22.0 Å². The normalized spacial score (nSPS) is 17.0. The highest BCUT2D eigenvalue weighted by molar-refractivity contribution is 7.15. The molecule has 0 saturated carbocycles. The topological polar surface area (TPSA) is 51.2 Å². The highest BCUT2D eigenvalue weighted by Gasteiger charge is 2.20. The summed E-state index contributed by atoms with van der Waals surface area (Å²) < 4.78 is 28.8. The quantitative estimate of drug-likeness (QED) is 0.912. The van der Waals surface area contributed by atoms with Gasteiger partial charge in [-0.1, -0.05) is 13.0 Å². The van der Waals surface area contributed by atoms with Gasteiger partial charge in [-0.2, -0.15) is 8.78 Å². The van der Waals surface area contributed by atoms with E-state index in [4.69, 9.17) is 0 Å². The first-order valence-corrected chi connectivity index (χ1v) is 8.17. The summed E-state index contributed by atoms with van der Waals surface area (Å²) in [6, 6.07) is 5.72. The van der Waals surface area contributed by atoms with Gasteiger partial charge in [-0.15, -0.1) is 11.3 Å². The number of hydrogen-bond acceptors (Lipinski definition) is 4. The number of rotatable bonds is 4. The van der Waals surface area contributed by atoms with Crippen molar-refractivity contribution in [3.63, 3.8) is 0 Å². The zero-order valence-electron chi connectivity index (χ0n) is 12.5. The molecule has 7 heteroatoms. The number of ether oxygens (including phenoxy) is 1. The van der Waals surface area contributed by atoms with Crippen LogP contribution in [0.3, 0.4) is 0 Å². The van der Waals surface area contributed by atoms with Gasteiger partial charge in [0.15, 0.2) is 5.13 Å². The molecule has 0 unspecified atom stereocenters. The van der Waals surface area contributed by atoms with E-state index in [1.165, 1.54) is 34.4 Å². The number of benzene rings is 1. The molecule has 0 spiro atoms. The minimum absolute atomic E-state index is 0.0418. The molecular formula is C16H16F2N2O2S. The van der Waals surface area contributed by atoms with Crippen molar-refractivity contribution in [1.29, 1.82) is 0 Å². The van der Waals surface area contributed by atoms with Crippen LogP contribution >= 0.6 is 11.3 Å². The van der Waals surface area contributed by atoms with E-state index >= 15 is 0 Å². The van der Waals surface area contributed by atoms with E-state index in [1.54, 1.807) is 6.07 Å². The smallest absolute Gasteiger partial charge is 0.387 e. The number of fused-ring (bicyclic) bond motifs is 1. The van der Waals surface area contributed by atoms with Crippen molar-refractivity contribution in [3.8, 4) is 5.75 Å². The molecule has 1 aliphatic carbocycles. The lowest BCUT2D eigenvalue weighted by molar-refractivity contribution is -0.0498. The number of nitrogens with one attached hydrogen (secondary N) is 1. The number of carbonyl (C=O) groups is 1. The lowest BCUT2D eigenvalue weighted by Gasteiger charge is -2.15. The van der Waals surface area contributed by atoms with E-state index in [-0.39, 0.29) is 17.2 Å². The number of carbonyl (C=O) groups excluding carboxylic acids is 1. The summed E-state index contributed by atoms with van der Waals surface area (Å²) >= 11 is 1.48. The first-order chi connectivity index (χ1) is 11.0. The van der Waals surface area contributed by atoms with Crippen molar-refractivity contribution < 1.29 is 18.3 Å². The molecule has 122 valence electrons. The van der Waals surface area contributed by atoms with E-state index in [0.29, 0.717) is 11.0 Å². The lowest BCUT2D eigenvalue weighted by atomic mass is 9.93. The Kier molecular flexibility index (Phi) is 4.56. The van der Waals surface area contributed by atoms with Crippen LogP contribution in [0, 0.1) is 5.92 Å². The number of amides is 1. The molecule has 0 fully saturated rings. The molecule has 1 aliphatic rings. The summed E-state index contributed by atoms with van der Waals surface area (Å²) in [5.41, 5.74) is 1.31. The van der Waals surface area contributed by atoms with Crippen LogP contribution in [0.5, 0.6) is 5.75 Å². The van der Waals surface area contributed by atoms with Crippen molar-refractivity contribution >= 4 is 22.4 Å². The van der Waals surface area contributed by atoms with Crippen LogP contribution in [-0.4, -0.2) is 17.5 Å². The van der Waals surface area contributed by atoms with Gasteiger partial charge < -0.3 is 4.74 Å². The van der Waals surface area contributed by atoms with Crippen molar-refractivity contribution in [2.45, 2.75) is 32.8 Å². The Hall–Kier alpha value is -2.02. The first kappa shape index (κ1) is 15.9. The molecule has 0 aliphatic heterocycles. The number of hydrogen-bond donors (Lipinski definition) is 1. The predicted octanol–water partition coefficient (Wildman–Crippen LogP) is 4.12. The molecule has 0 bridgehead atoms. The van der Waals surface area contributed by atoms with Crippen LogP contribution in [0.25, 0.3) is 0 Å². The molecule has 1 N–H and O–H groups in total. The maximum Gasteiger partial charge on any atom is 0.387 e. The number of halogens is 2. The summed E-state index contributed by atoms with van der Waals surface area (Å²) in [6.07, 6.45) is 3.03.